The monoisotopic (exact) mass is 572 g/mol. The SMILES string of the molecule is c1ccc(-n2c(-c3ccc(-c4c5ccccc5c(-c5cccc6ccccc56)c5ccccc45)cc3)nc3ccccc32)cc1. The summed E-state index contributed by atoms with van der Waals surface area (Å²) in [7, 11) is 0. The molecule has 0 aliphatic carbocycles. The van der Waals surface area contributed by atoms with Crippen LogP contribution in [-0.4, -0.2) is 9.55 Å². The molecule has 0 saturated carbocycles. The molecule has 8 aromatic carbocycles. The van der Waals surface area contributed by atoms with Crippen molar-refractivity contribution >= 4 is 43.4 Å². The van der Waals surface area contributed by atoms with Crippen LogP contribution in [0.1, 0.15) is 0 Å². The first-order chi connectivity index (χ1) is 22.3. The summed E-state index contributed by atoms with van der Waals surface area (Å²) in [4.78, 5) is 5.09. The van der Waals surface area contributed by atoms with Crippen molar-refractivity contribution in [1.82, 2.24) is 9.55 Å². The summed E-state index contributed by atoms with van der Waals surface area (Å²) in [6, 6.07) is 60.9. The van der Waals surface area contributed by atoms with E-state index in [9.17, 15) is 0 Å². The minimum Gasteiger partial charge on any atom is -0.292 e. The number of imidazole rings is 1. The first kappa shape index (κ1) is 25.5. The quantitative estimate of drug-likeness (QED) is 0.192. The van der Waals surface area contributed by atoms with Gasteiger partial charge in [0.2, 0.25) is 0 Å². The average molecular weight is 573 g/mol. The summed E-state index contributed by atoms with van der Waals surface area (Å²) < 4.78 is 2.26. The zero-order valence-corrected chi connectivity index (χ0v) is 24.6. The first-order valence-corrected chi connectivity index (χ1v) is 15.4. The van der Waals surface area contributed by atoms with Crippen molar-refractivity contribution in [3.8, 4) is 39.3 Å². The summed E-state index contributed by atoms with van der Waals surface area (Å²) in [6.45, 7) is 0. The predicted octanol–water partition coefficient (Wildman–Crippen LogP) is 11.5. The van der Waals surface area contributed by atoms with E-state index in [1.807, 2.05) is 0 Å². The topological polar surface area (TPSA) is 17.8 Å². The van der Waals surface area contributed by atoms with Gasteiger partial charge in [0.1, 0.15) is 5.82 Å². The minimum absolute atomic E-state index is 0.940. The van der Waals surface area contributed by atoms with Gasteiger partial charge in [-0.25, -0.2) is 4.98 Å². The van der Waals surface area contributed by atoms with E-state index in [4.69, 9.17) is 4.98 Å². The molecule has 0 spiro atoms. The normalized spacial score (nSPS) is 11.6. The Labute approximate surface area is 261 Å². The highest BCUT2D eigenvalue weighted by atomic mass is 15.1. The molecular weight excluding hydrogens is 544 g/mol. The molecule has 2 heteroatoms. The van der Waals surface area contributed by atoms with Gasteiger partial charge in [0.15, 0.2) is 0 Å². The van der Waals surface area contributed by atoms with Crippen molar-refractivity contribution in [2.24, 2.45) is 0 Å². The van der Waals surface area contributed by atoms with Crippen molar-refractivity contribution in [3.05, 3.63) is 170 Å². The Kier molecular flexibility index (Phi) is 5.85. The van der Waals surface area contributed by atoms with E-state index in [0.717, 1.165) is 28.1 Å². The van der Waals surface area contributed by atoms with Crippen molar-refractivity contribution < 1.29 is 0 Å². The Morgan fingerprint density at radius 3 is 1.62 bits per heavy atom. The molecule has 0 aliphatic rings. The zero-order chi connectivity index (χ0) is 29.7. The largest absolute Gasteiger partial charge is 0.292 e. The summed E-state index contributed by atoms with van der Waals surface area (Å²) >= 11 is 0. The minimum atomic E-state index is 0.940. The summed E-state index contributed by atoms with van der Waals surface area (Å²) in [5.41, 5.74) is 9.28. The lowest BCUT2D eigenvalue weighted by atomic mass is 9.84. The second-order valence-electron chi connectivity index (χ2n) is 11.5. The van der Waals surface area contributed by atoms with Gasteiger partial charge in [-0.2, -0.15) is 0 Å². The van der Waals surface area contributed by atoms with E-state index in [-0.39, 0.29) is 0 Å². The number of nitrogens with zero attached hydrogens (tertiary/aromatic N) is 2. The summed E-state index contributed by atoms with van der Waals surface area (Å²) in [5.74, 6) is 0.940. The molecule has 9 rings (SSSR count). The van der Waals surface area contributed by atoms with Crippen molar-refractivity contribution in [1.29, 1.82) is 0 Å². The Morgan fingerprint density at radius 1 is 0.378 bits per heavy atom. The third-order valence-electron chi connectivity index (χ3n) is 9.00. The van der Waals surface area contributed by atoms with Gasteiger partial charge in [0.25, 0.3) is 0 Å². The molecule has 0 bridgehead atoms. The van der Waals surface area contributed by atoms with Crippen LogP contribution in [0.4, 0.5) is 0 Å². The molecule has 0 aliphatic heterocycles. The second-order valence-corrected chi connectivity index (χ2v) is 11.5. The highest BCUT2D eigenvalue weighted by Crippen LogP contribution is 2.45. The molecule has 210 valence electrons. The van der Waals surface area contributed by atoms with Crippen LogP contribution in [0.2, 0.25) is 0 Å². The first-order valence-electron chi connectivity index (χ1n) is 15.4. The molecule has 0 radical (unpaired) electrons. The van der Waals surface area contributed by atoms with Crippen molar-refractivity contribution in [2.75, 3.05) is 0 Å². The molecule has 1 heterocycles. The Balaban J connectivity index is 1.27. The van der Waals surface area contributed by atoms with Crippen molar-refractivity contribution in [3.63, 3.8) is 0 Å². The highest BCUT2D eigenvalue weighted by Gasteiger charge is 2.19. The van der Waals surface area contributed by atoms with Crippen LogP contribution in [0.5, 0.6) is 0 Å². The third-order valence-corrected chi connectivity index (χ3v) is 9.00. The van der Waals surface area contributed by atoms with Gasteiger partial charge in [0, 0.05) is 11.3 Å². The lowest BCUT2D eigenvalue weighted by Crippen LogP contribution is -1.97. The van der Waals surface area contributed by atoms with Gasteiger partial charge in [-0.3, -0.25) is 4.57 Å². The predicted molar refractivity (Wildman–Crippen MR) is 190 cm³/mol. The summed E-state index contributed by atoms with van der Waals surface area (Å²) in [5, 5.41) is 7.56. The molecule has 0 atom stereocenters. The van der Waals surface area contributed by atoms with E-state index in [1.165, 1.54) is 54.6 Å². The van der Waals surface area contributed by atoms with Crippen LogP contribution in [0, 0.1) is 0 Å². The van der Waals surface area contributed by atoms with Crippen LogP contribution >= 0.6 is 0 Å². The zero-order valence-electron chi connectivity index (χ0n) is 24.6. The van der Waals surface area contributed by atoms with Crippen molar-refractivity contribution in [2.45, 2.75) is 0 Å². The smallest absolute Gasteiger partial charge is 0.145 e. The van der Waals surface area contributed by atoms with Gasteiger partial charge < -0.3 is 0 Å². The average Bonchev–Trinajstić information content (AvgIpc) is 3.51. The fraction of sp³-hybridized carbons (Fsp3) is 0. The maximum atomic E-state index is 5.09. The maximum Gasteiger partial charge on any atom is 0.145 e. The van der Waals surface area contributed by atoms with Crippen LogP contribution in [0.3, 0.4) is 0 Å². The van der Waals surface area contributed by atoms with E-state index in [0.29, 0.717) is 0 Å². The van der Waals surface area contributed by atoms with Gasteiger partial charge >= 0.3 is 0 Å². The number of rotatable bonds is 4. The number of hydrogen-bond acceptors (Lipinski definition) is 1. The molecule has 0 saturated heterocycles. The molecule has 45 heavy (non-hydrogen) atoms. The maximum absolute atomic E-state index is 5.09. The molecule has 0 unspecified atom stereocenters. The molecule has 0 fully saturated rings. The molecule has 0 amide bonds. The lowest BCUT2D eigenvalue weighted by Gasteiger charge is -2.19. The number of fused-ring (bicyclic) bond motifs is 4. The molecule has 1 aromatic heterocycles. The van der Waals surface area contributed by atoms with E-state index in [2.05, 4.69) is 174 Å². The Morgan fingerprint density at radius 2 is 0.911 bits per heavy atom. The molecule has 9 aromatic rings. The van der Waals surface area contributed by atoms with Gasteiger partial charge in [-0.05, 0) is 78.8 Å². The van der Waals surface area contributed by atoms with Gasteiger partial charge in [-0.1, -0.05) is 146 Å². The summed E-state index contributed by atoms with van der Waals surface area (Å²) in [6.07, 6.45) is 0. The lowest BCUT2D eigenvalue weighted by molar-refractivity contribution is 1.10. The second kappa shape index (κ2) is 10.3. The number of hydrogen-bond donors (Lipinski definition) is 0. The van der Waals surface area contributed by atoms with Crippen LogP contribution < -0.4 is 0 Å². The van der Waals surface area contributed by atoms with E-state index < -0.39 is 0 Å². The Bertz CT molecular complexity index is 2460. The Hall–Kier alpha value is -5.99. The van der Waals surface area contributed by atoms with Gasteiger partial charge in [0.05, 0.1) is 11.0 Å². The number of benzene rings is 8. The molecule has 2 nitrogen and oxygen atoms in total. The van der Waals surface area contributed by atoms with Crippen LogP contribution in [-0.2, 0) is 0 Å². The third kappa shape index (κ3) is 4.07. The standard InChI is InChI=1S/C43H28N2/c1-2-15-32(16-3-1)45-40-24-11-10-23-39(40)44-43(45)31-27-25-30(26-28-31)41-35-18-6-8-20-37(35)42(38-21-9-7-19-36(38)41)34-22-12-14-29-13-4-5-17-33(29)34/h1-28H. The van der Waals surface area contributed by atoms with Crippen LogP contribution in [0.15, 0.2) is 170 Å². The number of aromatic nitrogens is 2. The van der Waals surface area contributed by atoms with Gasteiger partial charge in [-0.15, -0.1) is 0 Å². The molecular formula is C43H28N2. The number of para-hydroxylation sites is 3. The molecule has 0 N–H and O–H groups in total. The van der Waals surface area contributed by atoms with Crippen LogP contribution in [0.25, 0.3) is 82.7 Å². The van der Waals surface area contributed by atoms with E-state index in [1.54, 1.807) is 0 Å². The fourth-order valence-electron chi connectivity index (χ4n) is 7.02. The highest BCUT2D eigenvalue weighted by molar-refractivity contribution is 6.23. The fourth-order valence-corrected chi connectivity index (χ4v) is 7.02. The van der Waals surface area contributed by atoms with E-state index >= 15 is 0 Å².